The molecule has 4 heteroatoms. The molecule has 1 aromatic heterocycles. The molecule has 0 aliphatic carbocycles. The minimum absolute atomic E-state index is 0.262. The number of hydrogen-bond donors (Lipinski definition) is 0. The summed E-state index contributed by atoms with van der Waals surface area (Å²) in [5.41, 5.74) is 3.90. The molecule has 1 heterocycles. The fourth-order valence-corrected chi connectivity index (χ4v) is 3.38. The number of hydrogen-bond acceptors (Lipinski definition) is 2. The summed E-state index contributed by atoms with van der Waals surface area (Å²) in [6, 6.07) is 19.8. The normalized spacial score (nSPS) is 10.6. The Morgan fingerprint density at radius 2 is 1.62 bits per heavy atom. The molecule has 0 atom stereocenters. The van der Waals surface area contributed by atoms with Crippen LogP contribution in [0.25, 0.3) is 10.8 Å². The quantitative estimate of drug-likeness (QED) is 0.328. The highest BCUT2D eigenvalue weighted by Crippen LogP contribution is 2.21. The van der Waals surface area contributed by atoms with Crippen molar-refractivity contribution in [3.63, 3.8) is 0 Å². The molecular weight excluding hydrogens is 404 g/mol. The van der Waals surface area contributed by atoms with Crippen LogP contribution in [0.2, 0.25) is 0 Å². The Hall–Kier alpha value is -3.71. The van der Waals surface area contributed by atoms with Gasteiger partial charge in [-0.2, -0.15) is 0 Å². The van der Waals surface area contributed by atoms with E-state index in [1.807, 2.05) is 24.3 Å². The van der Waals surface area contributed by atoms with Crippen molar-refractivity contribution >= 4 is 10.8 Å². The molecule has 2 nitrogen and oxygen atoms in total. The number of benzene rings is 3. The lowest BCUT2D eigenvalue weighted by Crippen LogP contribution is -1.98. The van der Waals surface area contributed by atoms with E-state index in [2.05, 4.69) is 35.9 Å². The molecule has 0 fully saturated rings. The Bertz CT molecular complexity index is 1270. The largest absolute Gasteiger partial charge is 0.492 e. The third kappa shape index (κ3) is 5.31. The van der Waals surface area contributed by atoms with E-state index in [9.17, 15) is 8.78 Å². The number of aryl methyl sites for hydroxylation is 2. The molecule has 4 aromatic rings. The second kappa shape index (κ2) is 10.1. The topological polar surface area (TPSA) is 22.1 Å². The number of aromatic nitrogens is 1. The molecule has 4 rings (SSSR count). The van der Waals surface area contributed by atoms with Gasteiger partial charge in [0.05, 0.1) is 12.8 Å². The summed E-state index contributed by atoms with van der Waals surface area (Å²) in [6.45, 7) is 2.78. The van der Waals surface area contributed by atoms with Crippen LogP contribution in [0.1, 0.15) is 35.7 Å². The SMILES string of the molecule is CCCOc1ccc(CCc2ccc(C#Cc3ccc4c(F)c(F)ccc4c3)cc2)nc1. The standard InChI is InChI=1S/C28H23F2NO/c1-2-17-32-25-14-13-24(31-19-25)12-9-21-5-3-20(4-6-21)7-8-22-10-15-26-23(18-22)11-16-27(29)28(26)30/h3-6,10-11,13-16,18-19H,2,9,12,17H2,1H3. The number of halogens is 2. The summed E-state index contributed by atoms with van der Waals surface area (Å²) in [5, 5.41) is 0.891. The smallest absolute Gasteiger partial charge is 0.166 e. The molecule has 0 amide bonds. The molecule has 0 spiro atoms. The van der Waals surface area contributed by atoms with Gasteiger partial charge in [0.15, 0.2) is 11.6 Å². The fraction of sp³-hybridized carbons (Fsp3) is 0.179. The number of ether oxygens (including phenoxy) is 1. The zero-order valence-corrected chi connectivity index (χ0v) is 17.9. The van der Waals surface area contributed by atoms with E-state index < -0.39 is 11.6 Å². The van der Waals surface area contributed by atoms with Gasteiger partial charge in [0.1, 0.15) is 5.75 Å². The van der Waals surface area contributed by atoms with E-state index in [1.165, 1.54) is 5.56 Å². The summed E-state index contributed by atoms with van der Waals surface area (Å²) in [5.74, 6) is 5.37. The van der Waals surface area contributed by atoms with Crippen molar-refractivity contribution in [1.29, 1.82) is 0 Å². The maximum absolute atomic E-state index is 13.8. The first-order valence-electron chi connectivity index (χ1n) is 10.7. The zero-order valence-electron chi connectivity index (χ0n) is 17.9. The molecule has 160 valence electrons. The van der Waals surface area contributed by atoms with Crippen LogP contribution < -0.4 is 4.74 Å². The third-order valence-electron chi connectivity index (χ3n) is 5.15. The van der Waals surface area contributed by atoms with Crippen molar-refractivity contribution in [1.82, 2.24) is 4.98 Å². The lowest BCUT2D eigenvalue weighted by Gasteiger charge is -2.05. The van der Waals surface area contributed by atoms with E-state index in [-0.39, 0.29) is 5.39 Å². The molecule has 0 radical (unpaired) electrons. The maximum atomic E-state index is 13.8. The average molecular weight is 427 g/mol. The molecular formula is C28H23F2NO. The van der Waals surface area contributed by atoms with Crippen LogP contribution in [0, 0.1) is 23.5 Å². The van der Waals surface area contributed by atoms with Crippen LogP contribution >= 0.6 is 0 Å². The summed E-state index contributed by atoms with van der Waals surface area (Å²) in [7, 11) is 0. The fourth-order valence-electron chi connectivity index (χ4n) is 3.38. The van der Waals surface area contributed by atoms with Crippen molar-refractivity contribution in [2.75, 3.05) is 6.61 Å². The van der Waals surface area contributed by atoms with E-state index in [0.29, 0.717) is 12.0 Å². The zero-order chi connectivity index (χ0) is 22.3. The van der Waals surface area contributed by atoms with Gasteiger partial charge in [0.25, 0.3) is 0 Å². The van der Waals surface area contributed by atoms with Gasteiger partial charge in [-0.25, -0.2) is 8.78 Å². The lowest BCUT2D eigenvalue weighted by atomic mass is 10.0. The number of rotatable bonds is 6. The van der Waals surface area contributed by atoms with Crippen LogP contribution in [-0.4, -0.2) is 11.6 Å². The molecule has 0 aliphatic heterocycles. The second-order valence-electron chi connectivity index (χ2n) is 7.58. The summed E-state index contributed by atoms with van der Waals surface area (Å²) >= 11 is 0. The van der Waals surface area contributed by atoms with Gasteiger partial charge < -0.3 is 4.74 Å². The van der Waals surface area contributed by atoms with Crippen molar-refractivity contribution in [2.45, 2.75) is 26.2 Å². The van der Waals surface area contributed by atoms with Crippen LogP contribution in [0.3, 0.4) is 0 Å². The summed E-state index contributed by atoms with van der Waals surface area (Å²) < 4.78 is 32.7. The predicted octanol–water partition coefficient (Wildman–Crippen LogP) is 6.49. The van der Waals surface area contributed by atoms with Crippen molar-refractivity contribution < 1.29 is 13.5 Å². The molecule has 0 unspecified atom stereocenters. The second-order valence-corrected chi connectivity index (χ2v) is 7.58. The molecule has 0 aliphatic rings. The summed E-state index contributed by atoms with van der Waals surface area (Å²) in [4.78, 5) is 4.47. The Morgan fingerprint density at radius 3 is 2.38 bits per heavy atom. The van der Waals surface area contributed by atoms with E-state index in [0.717, 1.165) is 47.9 Å². The lowest BCUT2D eigenvalue weighted by molar-refractivity contribution is 0.316. The number of nitrogens with zero attached hydrogens (tertiary/aromatic N) is 1. The molecule has 0 saturated carbocycles. The Labute approximate surface area is 186 Å². The Morgan fingerprint density at radius 1 is 0.844 bits per heavy atom. The highest BCUT2D eigenvalue weighted by atomic mass is 19.2. The first-order valence-corrected chi connectivity index (χ1v) is 10.7. The van der Waals surface area contributed by atoms with Crippen molar-refractivity contribution in [2.24, 2.45) is 0 Å². The van der Waals surface area contributed by atoms with Gasteiger partial charge in [-0.15, -0.1) is 0 Å². The predicted molar refractivity (Wildman–Crippen MR) is 124 cm³/mol. The van der Waals surface area contributed by atoms with Gasteiger partial charge in [-0.1, -0.05) is 43.0 Å². The van der Waals surface area contributed by atoms with Crippen LogP contribution in [0.5, 0.6) is 5.75 Å². The molecule has 0 bridgehead atoms. The van der Waals surface area contributed by atoms with Gasteiger partial charge in [-0.3, -0.25) is 4.98 Å². The van der Waals surface area contributed by atoms with Crippen LogP contribution in [0.15, 0.2) is 72.9 Å². The Kier molecular flexibility index (Phi) is 6.77. The molecule has 0 saturated heterocycles. The first-order chi connectivity index (χ1) is 15.6. The van der Waals surface area contributed by atoms with Gasteiger partial charge in [0.2, 0.25) is 0 Å². The van der Waals surface area contributed by atoms with Crippen LogP contribution in [0.4, 0.5) is 8.78 Å². The van der Waals surface area contributed by atoms with Gasteiger partial charge >= 0.3 is 0 Å². The highest BCUT2D eigenvalue weighted by Gasteiger charge is 2.06. The average Bonchev–Trinajstić information content (AvgIpc) is 2.84. The monoisotopic (exact) mass is 427 g/mol. The number of pyridine rings is 1. The summed E-state index contributed by atoms with van der Waals surface area (Å²) in [6.07, 6.45) is 4.50. The maximum Gasteiger partial charge on any atom is 0.166 e. The van der Waals surface area contributed by atoms with E-state index >= 15 is 0 Å². The molecule has 0 N–H and O–H groups in total. The Balaban J connectivity index is 1.38. The third-order valence-corrected chi connectivity index (χ3v) is 5.15. The number of fused-ring (bicyclic) bond motifs is 1. The van der Waals surface area contributed by atoms with E-state index in [1.54, 1.807) is 30.5 Å². The molecule has 32 heavy (non-hydrogen) atoms. The van der Waals surface area contributed by atoms with E-state index in [4.69, 9.17) is 4.74 Å². The van der Waals surface area contributed by atoms with Crippen molar-refractivity contribution in [3.8, 4) is 17.6 Å². The van der Waals surface area contributed by atoms with Gasteiger partial charge in [-0.05, 0) is 72.7 Å². The molecule has 3 aromatic carbocycles. The first kappa shape index (κ1) is 21.5. The van der Waals surface area contributed by atoms with Gasteiger partial charge in [0, 0.05) is 22.2 Å². The van der Waals surface area contributed by atoms with Crippen molar-refractivity contribution in [3.05, 3.63) is 107 Å². The minimum atomic E-state index is -0.842. The minimum Gasteiger partial charge on any atom is -0.492 e. The van der Waals surface area contributed by atoms with Crippen LogP contribution in [-0.2, 0) is 12.8 Å². The highest BCUT2D eigenvalue weighted by molar-refractivity contribution is 5.84.